The Balaban J connectivity index is 3.72. The molecule has 256 valence electrons. The molecule has 1 N–H and O–H groups in total. The van der Waals surface area contributed by atoms with Crippen LogP contribution in [-0.2, 0) is 14.3 Å². The number of carbonyl (C=O) groups is 2. The van der Waals surface area contributed by atoms with Crippen LogP contribution in [0.2, 0.25) is 0 Å². The molecule has 0 saturated heterocycles. The van der Waals surface area contributed by atoms with E-state index < -0.39 is 5.97 Å². The summed E-state index contributed by atoms with van der Waals surface area (Å²) in [6.45, 7) is 4.32. The SMILES string of the molecule is CC/C=C\C/C=C\C/C=C\C/C=C\C/C=C\C/C=C\CCCCC(=O)OC(CCC)CCCCCCCCCCCCC(=O)O. The van der Waals surface area contributed by atoms with Crippen LogP contribution in [0.15, 0.2) is 72.9 Å². The van der Waals surface area contributed by atoms with Gasteiger partial charge in [-0.3, -0.25) is 9.59 Å². The van der Waals surface area contributed by atoms with Gasteiger partial charge in [0, 0.05) is 12.8 Å². The number of carbonyl (C=O) groups excluding carboxylic acids is 1. The Kier molecular flexibility index (Phi) is 33.8. The number of unbranched alkanes of at least 4 members (excludes halogenated alkanes) is 11. The van der Waals surface area contributed by atoms with E-state index in [2.05, 4.69) is 86.8 Å². The second-order valence-electron chi connectivity index (χ2n) is 12.0. The molecule has 0 fully saturated rings. The van der Waals surface area contributed by atoms with Crippen molar-refractivity contribution in [1.29, 1.82) is 0 Å². The van der Waals surface area contributed by atoms with Gasteiger partial charge >= 0.3 is 11.9 Å². The van der Waals surface area contributed by atoms with Gasteiger partial charge in [-0.25, -0.2) is 0 Å². The lowest BCUT2D eigenvalue weighted by Crippen LogP contribution is -2.18. The normalized spacial score (nSPS) is 13.1. The van der Waals surface area contributed by atoms with Gasteiger partial charge in [0.15, 0.2) is 0 Å². The van der Waals surface area contributed by atoms with Gasteiger partial charge in [0.05, 0.1) is 0 Å². The predicted molar refractivity (Wildman–Crippen MR) is 195 cm³/mol. The molecule has 0 saturated carbocycles. The average molecular weight is 625 g/mol. The Bertz CT molecular complexity index is 846. The predicted octanol–water partition coefficient (Wildman–Crippen LogP) is 12.7. The molecule has 0 rings (SSSR count). The molecule has 0 aliphatic carbocycles. The first-order valence-electron chi connectivity index (χ1n) is 18.4. The molecule has 0 spiro atoms. The lowest BCUT2D eigenvalue weighted by molar-refractivity contribution is -0.150. The maximum atomic E-state index is 12.4. The molecule has 0 amide bonds. The van der Waals surface area contributed by atoms with Crippen molar-refractivity contribution in [1.82, 2.24) is 0 Å². The Morgan fingerprint density at radius 3 is 1.40 bits per heavy atom. The van der Waals surface area contributed by atoms with Gasteiger partial charge in [0.2, 0.25) is 0 Å². The highest BCUT2D eigenvalue weighted by molar-refractivity contribution is 5.69. The molecule has 0 bridgehead atoms. The third-order valence-electron chi connectivity index (χ3n) is 7.67. The second kappa shape index (κ2) is 35.9. The van der Waals surface area contributed by atoms with Crippen LogP contribution in [-0.4, -0.2) is 23.1 Å². The minimum Gasteiger partial charge on any atom is -0.481 e. The van der Waals surface area contributed by atoms with Crippen LogP contribution in [0.25, 0.3) is 0 Å². The number of carboxylic acid groups (broad SMARTS) is 1. The van der Waals surface area contributed by atoms with Crippen LogP contribution < -0.4 is 0 Å². The molecule has 0 aromatic heterocycles. The van der Waals surface area contributed by atoms with Gasteiger partial charge in [-0.1, -0.05) is 145 Å². The van der Waals surface area contributed by atoms with Crippen molar-refractivity contribution in [3.8, 4) is 0 Å². The molecule has 4 nitrogen and oxygen atoms in total. The number of ether oxygens (including phenoxy) is 1. The highest BCUT2D eigenvalue weighted by Crippen LogP contribution is 2.16. The standard InChI is InChI=1S/C41H68O4/c1-3-5-6-7-8-9-10-11-12-13-14-15-16-17-18-19-20-25-28-31-34-38-41(44)45-39(35-4-2)36-32-29-26-23-21-22-24-27-30-33-37-40(42)43/h5-6,8-9,11-12,14-15,17-18,20,25,39H,3-4,7,10,13,16,19,21-24,26-38H2,1-2H3,(H,42,43)/b6-5-,9-8-,12-11-,15-14-,18-17-,25-20-. The number of aliphatic carboxylic acids is 1. The van der Waals surface area contributed by atoms with Crippen molar-refractivity contribution in [2.24, 2.45) is 0 Å². The molecule has 4 heteroatoms. The number of hydrogen-bond acceptors (Lipinski definition) is 3. The molecule has 1 unspecified atom stereocenters. The van der Waals surface area contributed by atoms with Crippen LogP contribution in [0, 0.1) is 0 Å². The zero-order valence-electron chi connectivity index (χ0n) is 29.1. The number of rotatable bonds is 32. The van der Waals surface area contributed by atoms with Gasteiger partial charge in [-0.15, -0.1) is 0 Å². The van der Waals surface area contributed by atoms with Gasteiger partial charge in [-0.05, 0) is 83.5 Å². The summed E-state index contributed by atoms with van der Waals surface area (Å²) in [7, 11) is 0. The lowest BCUT2D eigenvalue weighted by Gasteiger charge is -2.17. The first-order valence-corrected chi connectivity index (χ1v) is 18.4. The van der Waals surface area contributed by atoms with E-state index in [9.17, 15) is 9.59 Å². The van der Waals surface area contributed by atoms with Crippen molar-refractivity contribution in [3.05, 3.63) is 72.9 Å². The van der Waals surface area contributed by atoms with E-state index in [0.29, 0.717) is 12.8 Å². The summed E-state index contributed by atoms with van der Waals surface area (Å²) in [5, 5.41) is 8.67. The lowest BCUT2D eigenvalue weighted by atomic mass is 10.0. The zero-order chi connectivity index (χ0) is 32.9. The summed E-state index contributed by atoms with van der Waals surface area (Å²) < 4.78 is 5.82. The van der Waals surface area contributed by atoms with E-state index in [4.69, 9.17) is 9.84 Å². The summed E-state index contributed by atoms with van der Waals surface area (Å²) >= 11 is 0. The largest absolute Gasteiger partial charge is 0.481 e. The van der Waals surface area contributed by atoms with Crippen molar-refractivity contribution >= 4 is 11.9 Å². The molecule has 0 heterocycles. The monoisotopic (exact) mass is 625 g/mol. The fraction of sp³-hybridized carbons (Fsp3) is 0.659. The molecular weight excluding hydrogens is 556 g/mol. The van der Waals surface area contributed by atoms with Crippen molar-refractivity contribution in [3.63, 3.8) is 0 Å². The summed E-state index contributed by atoms with van der Waals surface area (Å²) in [4.78, 5) is 22.9. The van der Waals surface area contributed by atoms with E-state index in [1.54, 1.807) is 0 Å². The van der Waals surface area contributed by atoms with Gasteiger partial charge in [0.25, 0.3) is 0 Å². The number of esters is 1. The van der Waals surface area contributed by atoms with Crippen LogP contribution >= 0.6 is 0 Å². The van der Waals surface area contributed by atoms with Gasteiger partial charge in [-0.2, -0.15) is 0 Å². The summed E-state index contributed by atoms with van der Waals surface area (Å²) in [5.74, 6) is -0.710. The minimum atomic E-state index is -0.682. The van der Waals surface area contributed by atoms with Crippen LogP contribution in [0.4, 0.5) is 0 Å². The molecule has 0 aromatic carbocycles. The molecule has 0 aromatic rings. The third-order valence-corrected chi connectivity index (χ3v) is 7.67. The molecule has 0 radical (unpaired) electrons. The first-order chi connectivity index (χ1) is 22.1. The summed E-state index contributed by atoms with van der Waals surface area (Å²) in [6, 6.07) is 0. The fourth-order valence-corrected chi connectivity index (χ4v) is 5.06. The Morgan fingerprint density at radius 1 is 0.511 bits per heavy atom. The highest BCUT2D eigenvalue weighted by atomic mass is 16.5. The van der Waals surface area contributed by atoms with Crippen molar-refractivity contribution in [2.75, 3.05) is 0 Å². The number of allylic oxidation sites excluding steroid dienone is 12. The van der Waals surface area contributed by atoms with E-state index in [1.807, 2.05) is 0 Å². The first kappa shape index (κ1) is 42.4. The minimum absolute atomic E-state index is 0.0282. The van der Waals surface area contributed by atoms with E-state index in [1.165, 1.54) is 38.5 Å². The van der Waals surface area contributed by atoms with E-state index in [-0.39, 0.29) is 12.1 Å². The van der Waals surface area contributed by atoms with Crippen LogP contribution in [0.5, 0.6) is 0 Å². The van der Waals surface area contributed by atoms with Gasteiger partial charge in [0.1, 0.15) is 6.10 Å². The molecular formula is C41H68O4. The molecule has 0 aliphatic rings. The second-order valence-corrected chi connectivity index (χ2v) is 12.0. The maximum Gasteiger partial charge on any atom is 0.306 e. The third kappa shape index (κ3) is 35.7. The highest BCUT2D eigenvalue weighted by Gasteiger charge is 2.13. The van der Waals surface area contributed by atoms with Crippen molar-refractivity contribution in [2.45, 2.75) is 174 Å². The number of hydrogen-bond donors (Lipinski definition) is 1. The summed E-state index contributed by atoms with van der Waals surface area (Å²) in [6.07, 6.45) is 51.2. The molecule has 1 atom stereocenters. The van der Waals surface area contributed by atoms with Crippen molar-refractivity contribution < 1.29 is 19.4 Å². The van der Waals surface area contributed by atoms with Crippen LogP contribution in [0.3, 0.4) is 0 Å². The molecule has 45 heavy (non-hydrogen) atoms. The quantitative estimate of drug-likeness (QED) is 0.0459. The smallest absolute Gasteiger partial charge is 0.306 e. The Labute approximate surface area is 277 Å². The topological polar surface area (TPSA) is 63.6 Å². The van der Waals surface area contributed by atoms with Crippen LogP contribution in [0.1, 0.15) is 168 Å². The Morgan fingerprint density at radius 2 is 0.933 bits per heavy atom. The maximum absolute atomic E-state index is 12.4. The molecule has 0 aliphatic heterocycles. The summed E-state index contributed by atoms with van der Waals surface area (Å²) in [5.41, 5.74) is 0. The fourth-order valence-electron chi connectivity index (χ4n) is 5.06. The Hall–Kier alpha value is -2.62. The zero-order valence-corrected chi connectivity index (χ0v) is 29.1. The number of carboxylic acids is 1. The average Bonchev–Trinajstić information content (AvgIpc) is 3.02. The van der Waals surface area contributed by atoms with Gasteiger partial charge < -0.3 is 9.84 Å². The van der Waals surface area contributed by atoms with E-state index in [0.717, 1.165) is 103 Å². The van der Waals surface area contributed by atoms with E-state index >= 15 is 0 Å².